The Labute approximate surface area is 172 Å². The molecule has 30 heavy (non-hydrogen) atoms. The maximum Gasteiger partial charge on any atom is 0.374 e. The zero-order chi connectivity index (χ0) is 21.7. The highest BCUT2D eigenvalue weighted by molar-refractivity contribution is 5.89. The molecule has 154 valence electrons. The number of ether oxygens (including phenoxy) is 1. The van der Waals surface area contributed by atoms with Crippen LogP contribution in [0.2, 0.25) is 0 Å². The quantitative estimate of drug-likeness (QED) is 0.333. The van der Waals surface area contributed by atoms with Crippen molar-refractivity contribution in [3.05, 3.63) is 87.7 Å². The fraction of sp³-hybridized carbons (Fsp3) is 0.182. The Morgan fingerprint density at radius 1 is 1.03 bits per heavy atom. The van der Waals surface area contributed by atoms with Crippen molar-refractivity contribution in [1.29, 1.82) is 0 Å². The third kappa shape index (κ3) is 5.11. The van der Waals surface area contributed by atoms with E-state index in [0.717, 1.165) is 11.1 Å². The van der Waals surface area contributed by atoms with Gasteiger partial charge in [0.25, 0.3) is 11.6 Å². The van der Waals surface area contributed by atoms with E-state index in [0.29, 0.717) is 17.9 Å². The molecule has 0 bridgehead atoms. The van der Waals surface area contributed by atoms with E-state index >= 15 is 0 Å². The maximum absolute atomic E-state index is 12.2. The molecule has 0 atom stereocenters. The molecule has 0 N–H and O–H groups in total. The first-order chi connectivity index (χ1) is 14.3. The van der Waals surface area contributed by atoms with E-state index < -0.39 is 17.5 Å². The van der Waals surface area contributed by atoms with Crippen LogP contribution in [0.1, 0.15) is 21.7 Å². The molecule has 0 spiro atoms. The Morgan fingerprint density at radius 2 is 1.70 bits per heavy atom. The molecule has 8 heteroatoms. The van der Waals surface area contributed by atoms with Gasteiger partial charge in [-0.3, -0.25) is 14.9 Å². The van der Waals surface area contributed by atoms with Crippen LogP contribution in [0.4, 0.5) is 5.69 Å². The van der Waals surface area contributed by atoms with E-state index in [1.165, 1.54) is 35.2 Å². The first kappa shape index (κ1) is 20.8. The molecule has 1 heterocycles. The molecular formula is C22H20N2O6. The van der Waals surface area contributed by atoms with Crippen LogP contribution in [0, 0.1) is 17.0 Å². The van der Waals surface area contributed by atoms with Crippen molar-refractivity contribution in [2.24, 2.45) is 0 Å². The third-order valence-corrected chi connectivity index (χ3v) is 4.46. The Hall–Kier alpha value is -3.94. The maximum atomic E-state index is 12.2. The molecule has 0 radical (unpaired) electrons. The smallest absolute Gasteiger partial charge is 0.374 e. The number of nitro groups is 1. The number of non-ortho nitro benzene ring substituents is 1. The van der Waals surface area contributed by atoms with E-state index in [4.69, 9.17) is 9.15 Å². The second-order valence-electron chi connectivity index (χ2n) is 6.78. The molecular weight excluding hydrogens is 388 g/mol. The molecule has 3 aromatic rings. The summed E-state index contributed by atoms with van der Waals surface area (Å²) in [5.74, 6) is -0.802. The number of benzene rings is 2. The zero-order valence-electron chi connectivity index (χ0n) is 16.5. The number of nitrogens with zero attached hydrogens (tertiary/aromatic N) is 2. The summed E-state index contributed by atoms with van der Waals surface area (Å²) in [7, 11) is 1.63. The Kier molecular flexibility index (Phi) is 6.26. The molecule has 8 nitrogen and oxygen atoms in total. The van der Waals surface area contributed by atoms with Crippen LogP contribution in [-0.4, -0.2) is 35.4 Å². The first-order valence-electron chi connectivity index (χ1n) is 9.15. The van der Waals surface area contributed by atoms with Crippen molar-refractivity contribution < 1.29 is 23.7 Å². The fourth-order valence-electron chi connectivity index (χ4n) is 2.71. The SMILES string of the molecule is Cc1ccc(CN(C)C(=O)COC(=O)c2ccc(-c3ccc([N+](=O)[O-])cc3)o2)cc1. The van der Waals surface area contributed by atoms with Crippen LogP contribution < -0.4 is 0 Å². The number of likely N-dealkylation sites (N-methyl/N-ethyl adjacent to an activating group) is 1. The number of amides is 1. The van der Waals surface area contributed by atoms with Gasteiger partial charge in [-0.2, -0.15) is 0 Å². The molecule has 3 rings (SSSR count). The van der Waals surface area contributed by atoms with Crippen LogP contribution >= 0.6 is 0 Å². The van der Waals surface area contributed by atoms with Crippen molar-refractivity contribution >= 4 is 17.6 Å². The van der Waals surface area contributed by atoms with E-state index in [2.05, 4.69) is 0 Å². The van der Waals surface area contributed by atoms with Gasteiger partial charge in [0, 0.05) is 31.3 Å². The average molecular weight is 408 g/mol. The Balaban J connectivity index is 1.55. The molecule has 0 saturated heterocycles. The Morgan fingerprint density at radius 3 is 2.33 bits per heavy atom. The molecule has 0 saturated carbocycles. The van der Waals surface area contributed by atoms with Crippen LogP contribution in [0.3, 0.4) is 0 Å². The molecule has 2 aromatic carbocycles. The number of hydrogen-bond acceptors (Lipinski definition) is 6. The van der Waals surface area contributed by atoms with Crippen LogP contribution in [0.15, 0.2) is 65.1 Å². The number of esters is 1. The van der Waals surface area contributed by atoms with E-state index in [1.807, 2.05) is 31.2 Å². The molecule has 0 unspecified atom stereocenters. The fourth-order valence-corrected chi connectivity index (χ4v) is 2.71. The Bertz CT molecular complexity index is 1050. The average Bonchev–Trinajstić information content (AvgIpc) is 3.23. The normalized spacial score (nSPS) is 10.5. The third-order valence-electron chi connectivity index (χ3n) is 4.46. The predicted molar refractivity (Wildman–Crippen MR) is 109 cm³/mol. The second-order valence-corrected chi connectivity index (χ2v) is 6.78. The summed E-state index contributed by atoms with van der Waals surface area (Å²) in [6.45, 7) is 1.98. The standard InChI is InChI=1S/C22H20N2O6/c1-15-3-5-16(6-4-15)13-23(2)21(25)14-29-22(26)20-12-11-19(30-20)17-7-9-18(10-8-17)24(27)28/h3-12H,13-14H2,1-2H3. The highest BCUT2D eigenvalue weighted by Gasteiger charge is 2.17. The topological polar surface area (TPSA) is 103 Å². The summed E-state index contributed by atoms with van der Waals surface area (Å²) in [6.07, 6.45) is 0. The minimum atomic E-state index is -0.764. The summed E-state index contributed by atoms with van der Waals surface area (Å²) in [6, 6.07) is 16.5. The summed E-state index contributed by atoms with van der Waals surface area (Å²) < 4.78 is 10.5. The van der Waals surface area contributed by atoms with E-state index in [-0.39, 0.29) is 17.4 Å². The monoisotopic (exact) mass is 408 g/mol. The summed E-state index contributed by atoms with van der Waals surface area (Å²) in [5, 5.41) is 10.7. The van der Waals surface area contributed by atoms with Crippen LogP contribution in [-0.2, 0) is 16.1 Å². The van der Waals surface area contributed by atoms with Crippen molar-refractivity contribution in [1.82, 2.24) is 4.90 Å². The lowest BCUT2D eigenvalue weighted by molar-refractivity contribution is -0.384. The van der Waals surface area contributed by atoms with Crippen molar-refractivity contribution in [2.45, 2.75) is 13.5 Å². The number of hydrogen-bond donors (Lipinski definition) is 0. The predicted octanol–water partition coefficient (Wildman–Crippen LogP) is 3.98. The van der Waals surface area contributed by atoms with E-state index in [1.54, 1.807) is 13.1 Å². The minimum absolute atomic E-state index is 0.0433. The molecule has 0 aliphatic rings. The van der Waals surface area contributed by atoms with Gasteiger partial charge in [-0.1, -0.05) is 29.8 Å². The summed E-state index contributed by atoms with van der Waals surface area (Å²) in [5.41, 5.74) is 2.64. The van der Waals surface area contributed by atoms with Gasteiger partial charge in [-0.25, -0.2) is 4.79 Å². The van der Waals surface area contributed by atoms with Crippen molar-refractivity contribution in [2.75, 3.05) is 13.7 Å². The van der Waals surface area contributed by atoms with Gasteiger partial charge in [-0.15, -0.1) is 0 Å². The van der Waals surface area contributed by atoms with Crippen molar-refractivity contribution in [3.63, 3.8) is 0 Å². The second kappa shape index (κ2) is 9.04. The lowest BCUT2D eigenvalue weighted by Crippen LogP contribution is -2.30. The number of nitro benzene ring substituents is 1. The molecule has 1 amide bonds. The van der Waals surface area contributed by atoms with Gasteiger partial charge in [0.1, 0.15) is 5.76 Å². The molecule has 0 aliphatic carbocycles. The van der Waals surface area contributed by atoms with Gasteiger partial charge in [0.15, 0.2) is 6.61 Å². The largest absolute Gasteiger partial charge is 0.450 e. The highest BCUT2D eigenvalue weighted by atomic mass is 16.6. The van der Waals surface area contributed by atoms with Gasteiger partial charge >= 0.3 is 5.97 Å². The van der Waals surface area contributed by atoms with Gasteiger partial charge in [-0.05, 0) is 36.8 Å². The zero-order valence-corrected chi connectivity index (χ0v) is 16.5. The first-order valence-corrected chi connectivity index (χ1v) is 9.15. The molecule has 1 aromatic heterocycles. The molecule has 0 aliphatic heterocycles. The van der Waals surface area contributed by atoms with E-state index in [9.17, 15) is 19.7 Å². The van der Waals surface area contributed by atoms with Crippen LogP contribution in [0.5, 0.6) is 0 Å². The summed E-state index contributed by atoms with van der Waals surface area (Å²) in [4.78, 5) is 36.1. The lowest BCUT2D eigenvalue weighted by atomic mass is 10.1. The van der Waals surface area contributed by atoms with Gasteiger partial charge in [0.2, 0.25) is 5.76 Å². The van der Waals surface area contributed by atoms with Gasteiger partial charge < -0.3 is 14.1 Å². The number of rotatable bonds is 7. The summed E-state index contributed by atoms with van der Waals surface area (Å²) >= 11 is 0. The number of aryl methyl sites for hydroxylation is 1. The van der Waals surface area contributed by atoms with Crippen LogP contribution in [0.25, 0.3) is 11.3 Å². The minimum Gasteiger partial charge on any atom is -0.450 e. The van der Waals surface area contributed by atoms with Gasteiger partial charge in [0.05, 0.1) is 4.92 Å². The highest BCUT2D eigenvalue weighted by Crippen LogP contribution is 2.24. The van der Waals surface area contributed by atoms with Crippen molar-refractivity contribution in [3.8, 4) is 11.3 Å². The number of furan rings is 1. The molecule has 0 fully saturated rings. The number of carbonyl (C=O) groups excluding carboxylic acids is 2. The lowest BCUT2D eigenvalue weighted by Gasteiger charge is -2.17. The number of carbonyl (C=O) groups is 2.